The van der Waals surface area contributed by atoms with Crippen molar-refractivity contribution < 1.29 is 38.1 Å². The highest BCUT2D eigenvalue weighted by Crippen LogP contribution is 2.34. The molecule has 0 radical (unpaired) electrons. The molecule has 8 atom stereocenters. The van der Waals surface area contributed by atoms with E-state index in [-0.39, 0.29) is 24.1 Å². The van der Waals surface area contributed by atoms with Crippen molar-refractivity contribution in [3.8, 4) is 0 Å². The molecule has 20 heteroatoms. The number of nitrogens with one attached hydrogen (secondary N) is 1. The molecular formula is C31H32Cl2N10O8. The van der Waals surface area contributed by atoms with Gasteiger partial charge in [-0.3, -0.25) is 0 Å². The maximum absolute atomic E-state index is 13.7. The molecular weight excluding hydrogens is 711 g/mol. The van der Waals surface area contributed by atoms with Gasteiger partial charge < -0.3 is 29.0 Å². The smallest absolute Gasteiger partial charge is 0.408 e. The lowest BCUT2D eigenvalue weighted by Crippen LogP contribution is -2.64. The molecule has 0 unspecified atom stereocenters. The summed E-state index contributed by atoms with van der Waals surface area (Å²) >= 11 is 12.0. The van der Waals surface area contributed by atoms with Crippen molar-refractivity contribution in [3.05, 3.63) is 113 Å². The first-order valence-corrected chi connectivity index (χ1v) is 16.1. The number of hydrogen-bond donors (Lipinski definition) is 1. The number of amides is 1. The number of carbonyl (C=O) groups excluding carboxylic acids is 3. The summed E-state index contributed by atoms with van der Waals surface area (Å²) in [5, 5.41) is 14.4. The number of esters is 2. The number of carbonyl (C=O) groups is 3. The van der Waals surface area contributed by atoms with E-state index in [4.69, 9.17) is 52.4 Å². The van der Waals surface area contributed by atoms with Crippen LogP contribution in [0.3, 0.4) is 0 Å². The monoisotopic (exact) mass is 742 g/mol. The molecule has 2 aromatic carbocycles. The summed E-state index contributed by atoms with van der Waals surface area (Å²) in [5.74, 6) is -1.81. The molecule has 1 N–H and O–H groups in total. The van der Waals surface area contributed by atoms with Crippen molar-refractivity contribution in [1.82, 2.24) is 5.32 Å². The Morgan fingerprint density at radius 1 is 0.843 bits per heavy atom. The summed E-state index contributed by atoms with van der Waals surface area (Å²) in [5.41, 5.74) is 26.9. The van der Waals surface area contributed by atoms with Gasteiger partial charge in [-0.05, 0) is 92.3 Å². The predicted octanol–water partition coefficient (Wildman–Crippen LogP) is 7.38. The van der Waals surface area contributed by atoms with Crippen LogP contribution in [-0.4, -0.2) is 79.0 Å². The lowest BCUT2D eigenvalue weighted by Gasteiger charge is -2.45. The number of ether oxygens (including phenoxy) is 5. The first-order chi connectivity index (χ1) is 24.3. The number of nitrogens with zero attached hydrogens (tertiary/aromatic N) is 9. The van der Waals surface area contributed by atoms with Gasteiger partial charge in [0.1, 0.15) is 17.7 Å². The molecule has 1 saturated carbocycles. The molecule has 4 rings (SSSR count). The molecule has 0 aromatic heterocycles. The highest BCUT2D eigenvalue weighted by Gasteiger charge is 2.52. The Kier molecular flexibility index (Phi) is 13.4. The van der Waals surface area contributed by atoms with Crippen LogP contribution >= 0.6 is 23.2 Å². The summed E-state index contributed by atoms with van der Waals surface area (Å²) in [7, 11) is 0. The molecule has 18 nitrogen and oxygen atoms in total. The maximum atomic E-state index is 13.7. The van der Waals surface area contributed by atoms with E-state index < -0.39 is 72.5 Å². The Labute approximate surface area is 300 Å². The number of hydrogen-bond acceptors (Lipinski definition) is 11. The Bertz CT molecular complexity index is 1750. The largest absolute Gasteiger partial charge is 0.452 e. The topological polar surface area (TPSA) is 256 Å². The fourth-order valence-corrected chi connectivity index (χ4v) is 5.47. The van der Waals surface area contributed by atoms with Gasteiger partial charge in [0.25, 0.3) is 0 Å². The summed E-state index contributed by atoms with van der Waals surface area (Å²) < 4.78 is 29.7. The van der Waals surface area contributed by atoms with Gasteiger partial charge in [-0.25, -0.2) is 14.4 Å². The minimum absolute atomic E-state index is 0.0433. The SMILES string of the molecule is CC(C)(C)OC(=O)N[C@@H]1C[C@H](N=[N+]=[N-])[C@@H](O[C@H]2O[C@H](CN=[N+]=[N-])C=C[C@H]2N=[N+]=[N-])[C@H](OC(=O)c2ccc(Cl)cc2)[C@H]1OC(=O)c1ccc(Cl)cc1. The van der Waals surface area contributed by atoms with Crippen molar-refractivity contribution in [2.45, 2.75) is 81.6 Å². The van der Waals surface area contributed by atoms with E-state index in [9.17, 15) is 25.4 Å². The molecule has 1 amide bonds. The first-order valence-electron chi connectivity index (χ1n) is 15.3. The van der Waals surface area contributed by atoms with Gasteiger partial charge >= 0.3 is 18.0 Å². The lowest BCUT2D eigenvalue weighted by atomic mass is 9.83. The second-order valence-corrected chi connectivity index (χ2v) is 13.0. The number of halogens is 2. The molecule has 1 aliphatic carbocycles. The Morgan fingerprint density at radius 3 is 1.94 bits per heavy atom. The fourth-order valence-electron chi connectivity index (χ4n) is 5.22. The zero-order valence-corrected chi connectivity index (χ0v) is 28.9. The normalized spacial score (nSPS) is 25.5. The van der Waals surface area contributed by atoms with Crippen LogP contribution in [0.5, 0.6) is 0 Å². The third-order valence-electron chi connectivity index (χ3n) is 7.38. The molecule has 51 heavy (non-hydrogen) atoms. The second kappa shape index (κ2) is 17.7. The average molecular weight is 744 g/mol. The van der Waals surface area contributed by atoms with Gasteiger partial charge in [0.2, 0.25) is 0 Å². The van der Waals surface area contributed by atoms with Gasteiger partial charge in [0.05, 0.1) is 35.9 Å². The van der Waals surface area contributed by atoms with Gasteiger partial charge in [0.15, 0.2) is 18.5 Å². The summed E-state index contributed by atoms with van der Waals surface area (Å²) in [4.78, 5) is 48.9. The van der Waals surface area contributed by atoms with Crippen LogP contribution in [0.2, 0.25) is 10.0 Å². The van der Waals surface area contributed by atoms with Crippen LogP contribution in [0.15, 0.2) is 76.0 Å². The minimum Gasteiger partial charge on any atom is -0.452 e. The molecule has 1 fully saturated rings. The Morgan fingerprint density at radius 2 is 1.41 bits per heavy atom. The number of alkyl carbamates (subject to hydrolysis) is 1. The highest BCUT2D eigenvalue weighted by atomic mass is 35.5. The van der Waals surface area contributed by atoms with Crippen LogP contribution in [-0.2, 0) is 23.7 Å². The molecule has 268 valence electrons. The first kappa shape index (κ1) is 38.6. The Balaban J connectivity index is 1.82. The number of azide groups is 3. The molecule has 0 saturated heterocycles. The zero-order valence-electron chi connectivity index (χ0n) is 27.4. The number of rotatable bonds is 11. The molecule has 0 bridgehead atoms. The van der Waals surface area contributed by atoms with E-state index in [2.05, 4.69) is 35.4 Å². The van der Waals surface area contributed by atoms with Crippen LogP contribution in [0.4, 0.5) is 4.79 Å². The van der Waals surface area contributed by atoms with Gasteiger partial charge in [-0.1, -0.05) is 50.7 Å². The van der Waals surface area contributed by atoms with Crippen molar-refractivity contribution in [1.29, 1.82) is 0 Å². The maximum Gasteiger partial charge on any atom is 0.408 e. The minimum atomic E-state index is -1.62. The highest BCUT2D eigenvalue weighted by molar-refractivity contribution is 6.31. The van der Waals surface area contributed by atoms with Crippen molar-refractivity contribution in [3.63, 3.8) is 0 Å². The van der Waals surface area contributed by atoms with Crippen LogP contribution in [0.25, 0.3) is 31.3 Å². The van der Waals surface area contributed by atoms with Crippen molar-refractivity contribution in [2.24, 2.45) is 15.3 Å². The van der Waals surface area contributed by atoms with E-state index in [0.717, 1.165) is 0 Å². The van der Waals surface area contributed by atoms with Crippen LogP contribution in [0.1, 0.15) is 47.9 Å². The summed E-state index contributed by atoms with van der Waals surface area (Å²) in [6, 6.07) is 7.95. The van der Waals surface area contributed by atoms with Gasteiger partial charge in [0, 0.05) is 24.8 Å². The molecule has 2 aliphatic rings. The second-order valence-electron chi connectivity index (χ2n) is 12.2. The molecule has 2 aromatic rings. The average Bonchev–Trinajstić information content (AvgIpc) is 3.07. The van der Waals surface area contributed by atoms with Crippen molar-refractivity contribution >= 4 is 41.2 Å². The lowest BCUT2D eigenvalue weighted by molar-refractivity contribution is -0.233. The fraction of sp³-hybridized carbons (Fsp3) is 0.452. The van der Waals surface area contributed by atoms with E-state index in [1.807, 2.05) is 0 Å². The van der Waals surface area contributed by atoms with E-state index in [1.165, 1.54) is 60.7 Å². The summed E-state index contributed by atoms with van der Waals surface area (Å²) in [6.07, 6.45) is -4.98. The van der Waals surface area contributed by atoms with E-state index >= 15 is 0 Å². The zero-order chi connectivity index (χ0) is 37.1. The molecule has 1 aliphatic heterocycles. The Hall–Kier alpha value is -5.18. The standard InChI is InChI=1S/C31H32Cl2N10O8/c1-31(2,3)51-30(46)38-22-14-23(40-43-36)25(50-29-21(39-42-35)13-12-20(47-29)15-37-41-34)26(49-28(45)17-6-10-19(33)11-7-17)24(22)48-27(44)16-4-8-18(32)9-5-16/h4-13,20-26,29H,14-15H2,1-3H3,(H,38,46)/t20-,21+,22+,23-,24-,25+,26+,29+/m0/s1. The van der Waals surface area contributed by atoms with E-state index in [1.54, 1.807) is 20.8 Å². The third-order valence-corrected chi connectivity index (χ3v) is 7.88. The van der Waals surface area contributed by atoms with Crippen LogP contribution < -0.4 is 5.32 Å². The predicted molar refractivity (Wildman–Crippen MR) is 182 cm³/mol. The van der Waals surface area contributed by atoms with Gasteiger partial charge in [-0.2, -0.15) is 0 Å². The van der Waals surface area contributed by atoms with Crippen molar-refractivity contribution in [2.75, 3.05) is 6.54 Å². The van der Waals surface area contributed by atoms with Crippen LogP contribution in [0, 0.1) is 0 Å². The quantitative estimate of drug-likeness (QED) is 0.0605. The van der Waals surface area contributed by atoms with Gasteiger partial charge in [-0.15, -0.1) is 0 Å². The summed E-state index contributed by atoms with van der Waals surface area (Å²) in [6.45, 7) is 4.77. The molecule has 1 heterocycles. The number of benzene rings is 2. The van der Waals surface area contributed by atoms with E-state index in [0.29, 0.717) is 10.0 Å². The third kappa shape index (κ3) is 10.9. The molecule has 0 spiro atoms.